The van der Waals surface area contributed by atoms with Gasteiger partial charge in [0.25, 0.3) is 0 Å². The van der Waals surface area contributed by atoms with Gasteiger partial charge in [0.15, 0.2) is 0 Å². The van der Waals surface area contributed by atoms with Crippen LogP contribution in [0.5, 0.6) is 0 Å². The summed E-state index contributed by atoms with van der Waals surface area (Å²) >= 11 is 0. The van der Waals surface area contributed by atoms with Gasteiger partial charge in [0.05, 0.1) is 0 Å². The molecule has 0 spiro atoms. The van der Waals surface area contributed by atoms with E-state index >= 15 is 0 Å². The monoisotopic (exact) mass is 180 g/mol. The van der Waals surface area contributed by atoms with E-state index in [1.165, 1.54) is 25.7 Å². The van der Waals surface area contributed by atoms with Crippen molar-refractivity contribution >= 4 is 5.71 Å². The number of nitriles is 1. The van der Waals surface area contributed by atoms with Gasteiger partial charge in [-0.15, -0.1) is 0 Å². The Morgan fingerprint density at radius 2 is 2.08 bits per heavy atom. The molecule has 13 heavy (non-hydrogen) atoms. The molecule has 2 heteroatoms. The molecule has 0 saturated heterocycles. The van der Waals surface area contributed by atoms with Crippen LogP contribution in [0.4, 0.5) is 0 Å². The highest BCUT2D eigenvalue weighted by molar-refractivity contribution is 5.85. The predicted octanol–water partition coefficient (Wildman–Crippen LogP) is 3.53. The molecule has 74 valence electrons. The van der Waals surface area contributed by atoms with Crippen LogP contribution in [0.25, 0.3) is 0 Å². The van der Waals surface area contributed by atoms with Crippen LogP contribution in [0.15, 0.2) is 4.99 Å². The van der Waals surface area contributed by atoms with Crippen LogP contribution in [-0.4, -0.2) is 5.71 Å². The van der Waals surface area contributed by atoms with E-state index in [2.05, 4.69) is 18.8 Å². The first-order valence-corrected chi connectivity index (χ1v) is 5.19. The summed E-state index contributed by atoms with van der Waals surface area (Å²) in [4.78, 5) is 3.80. The Morgan fingerprint density at radius 1 is 1.38 bits per heavy atom. The summed E-state index contributed by atoms with van der Waals surface area (Å²) in [7, 11) is 0. The lowest BCUT2D eigenvalue weighted by Gasteiger charge is -2.12. The smallest absolute Gasteiger partial charge is 0.183 e. The molecule has 0 fully saturated rings. The van der Waals surface area contributed by atoms with Gasteiger partial charge in [0.2, 0.25) is 6.19 Å². The molecular weight excluding hydrogens is 160 g/mol. The van der Waals surface area contributed by atoms with Crippen molar-refractivity contribution < 1.29 is 0 Å². The summed E-state index contributed by atoms with van der Waals surface area (Å²) < 4.78 is 0. The zero-order chi connectivity index (χ0) is 10.1. The van der Waals surface area contributed by atoms with Crippen molar-refractivity contribution in [1.82, 2.24) is 0 Å². The third-order valence-electron chi connectivity index (χ3n) is 2.47. The Morgan fingerprint density at radius 3 is 2.54 bits per heavy atom. The summed E-state index contributed by atoms with van der Waals surface area (Å²) in [5.41, 5.74) is 1.00. The molecular formula is C11H20N2. The van der Waals surface area contributed by atoms with Crippen LogP contribution in [0.2, 0.25) is 0 Å². The van der Waals surface area contributed by atoms with Gasteiger partial charge in [-0.25, -0.2) is 0 Å². The molecule has 0 aromatic heterocycles. The summed E-state index contributed by atoms with van der Waals surface area (Å²) in [5, 5.41) is 8.42. The quantitative estimate of drug-likeness (QED) is 0.350. The molecule has 0 aliphatic carbocycles. The fourth-order valence-electron chi connectivity index (χ4n) is 1.52. The molecule has 0 N–H and O–H groups in total. The second kappa shape index (κ2) is 7.79. The SMILES string of the molecule is CCCCCC(CC)C(C)=NC#N. The van der Waals surface area contributed by atoms with Gasteiger partial charge in [-0.3, -0.25) is 0 Å². The van der Waals surface area contributed by atoms with Crippen LogP contribution in [-0.2, 0) is 0 Å². The Hall–Kier alpha value is -0.840. The van der Waals surface area contributed by atoms with Gasteiger partial charge >= 0.3 is 0 Å². The van der Waals surface area contributed by atoms with Crippen LogP contribution in [0, 0.1) is 17.4 Å². The van der Waals surface area contributed by atoms with E-state index in [0.29, 0.717) is 5.92 Å². The summed E-state index contributed by atoms with van der Waals surface area (Å²) in [6.07, 6.45) is 7.94. The average molecular weight is 180 g/mol. The molecule has 0 aliphatic heterocycles. The van der Waals surface area contributed by atoms with Gasteiger partial charge in [0, 0.05) is 5.71 Å². The minimum atomic E-state index is 0.520. The Bertz CT molecular complexity index is 189. The van der Waals surface area contributed by atoms with E-state index < -0.39 is 0 Å². The second-order valence-electron chi connectivity index (χ2n) is 3.45. The van der Waals surface area contributed by atoms with Crippen LogP contribution >= 0.6 is 0 Å². The van der Waals surface area contributed by atoms with Crippen molar-refractivity contribution in [2.45, 2.75) is 52.9 Å². The Balaban J connectivity index is 3.89. The lowest BCUT2D eigenvalue weighted by atomic mass is 9.94. The highest BCUT2D eigenvalue weighted by atomic mass is 14.7. The minimum absolute atomic E-state index is 0.520. The van der Waals surface area contributed by atoms with Crippen molar-refractivity contribution in [3.8, 4) is 6.19 Å². The molecule has 0 heterocycles. The highest BCUT2D eigenvalue weighted by Crippen LogP contribution is 2.15. The third-order valence-corrected chi connectivity index (χ3v) is 2.47. The van der Waals surface area contributed by atoms with Crippen molar-refractivity contribution in [3.05, 3.63) is 0 Å². The molecule has 0 saturated carbocycles. The van der Waals surface area contributed by atoms with E-state index in [0.717, 1.165) is 12.1 Å². The van der Waals surface area contributed by atoms with Gasteiger partial charge in [0.1, 0.15) is 0 Å². The largest absolute Gasteiger partial charge is 0.205 e. The van der Waals surface area contributed by atoms with Gasteiger partial charge in [-0.05, 0) is 25.7 Å². The second-order valence-corrected chi connectivity index (χ2v) is 3.45. The number of hydrogen-bond donors (Lipinski definition) is 0. The van der Waals surface area contributed by atoms with Crippen LogP contribution < -0.4 is 0 Å². The van der Waals surface area contributed by atoms with Crippen molar-refractivity contribution in [3.63, 3.8) is 0 Å². The number of aliphatic imine (C=N–C) groups is 1. The van der Waals surface area contributed by atoms with E-state index in [4.69, 9.17) is 5.26 Å². The zero-order valence-electron chi connectivity index (χ0n) is 9.01. The zero-order valence-corrected chi connectivity index (χ0v) is 9.01. The van der Waals surface area contributed by atoms with Crippen molar-refractivity contribution in [1.29, 1.82) is 5.26 Å². The van der Waals surface area contributed by atoms with Crippen molar-refractivity contribution in [2.24, 2.45) is 10.9 Å². The summed E-state index contributed by atoms with van der Waals surface area (Å²) in [6, 6.07) is 0. The normalized spacial score (nSPS) is 13.8. The molecule has 1 unspecified atom stereocenters. The maximum absolute atomic E-state index is 8.42. The lowest BCUT2D eigenvalue weighted by Crippen LogP contribution is -2.09. The third kappa shape index (κ3) is 5.41. The maximum atomic E-state index is 8.42. The number of unbranched alkanes of at least 4 members (excludes halogenated alkanes) is 2. The molecule has 2 nitrogen and oxygen atoms in total. The summed E-state index contributed by atoms with van der Waals surface area (Å²) in [6.45, 7) is 6.33. The fraction of sp³-hybridized carbons (Fsp3) is 0.818. The molecule has 0 bridgehead atoms. The van der Waals surface area contributed by atoms with E-state index in [-0.39, 0.29) is 0 Å². The molecule has 0 aromatic rings. The Labute approximate surface area is 81.7 Å². The predicted molar refractivity (Wildman–Crippen MR) is 56.6 cm³/mol. The minimum Gasteiger partial charge on any atom is -0.183 e. The summed E-state index contributed by atoms with van der Waals surface area (Å²) in [5.74, 6) is 0.520. The van der Waals surface area contributed by atoms with E-state index in [1.54, 1.807) is 0 Å². The first-order valence-electron chi connectivity index (χ1n) is 5.19. The van der Waals surface area contributed by atoms with Crippen molar-refractivity contribution in [2.75, 3.05) is 0 Å². The van der Waals surface area contributed by atoms with Gasteiger partial charge in [-0.1, -0.05) is 33.1 Å². The Kier molecular flexibility index (Phi) is 7.29. The molecule has 0 aromatic carbocycles. The first-order chi connectivity index (χ1) is 6.26. The number of nitrogens with zero attached hydrogens (tertiary/aromatic N) is 2. The lowest BCUT2D eigenvalue weighted by molar-refractivity contribution is 0.550. The molecule has 0 radical (unpaired) electrons. The molecule has 0 rings (SSSR count). The number of hydrogen-bond acceptors (Lipinski definition) is 2. The molecule has 1 atom stereocenters. The topological polar surface area (TPSA) is 36.1 Å². The first kappa shape index (κ1) is 12.2. The van der Waals surface area contributed by atoms with E-state index in [9.17, 15) is 0 Å². The maximum Gasteiger partial charge on any atom is 0.205 e. The average Bonchev–Trinajstić information content (AvgIpc) is 2.13. The number of rotatable bonds is 6. The highest BCUT2D eigenvalue weighted by Gasteiger charge is 2.08. The van der Waals surface area contributed by atoms with Crippen LogP contribution in [0.3, 0.4) is 0 Å². The van der Waals surface area contributed by atoms with Gasteiger partial charge in [-0.2, -0.15) is 10.3 Å². The van der Waals surface area contributed by atoms with E-state index in [1.807, 2.05) is 13.1 Å². The van der Waals surface area contributed by atoms with Crippen LogP contribution in [0.1, 0.15) is 52.9 Å². The molecule has 0 aliphatic rings. The molecule has 0 amide bonds. The standard InChI is InChI=1S/C11H20N2/c1-4-6-7-8-11(5-2)10(3)13-9-12/h11H,4-8H2,1-3H3. The van der Waals surface area contributed by atoms with Gasteiger partial charge < -0.3 is 0 Å². The fourth-order valence-corrected chi connectivity index (χ4v) is 1.52.